The van der Waals surface area contributed by atoms with Gasteiger partial charge in [0.15, 0.2) is 0 Å². The molecule has 2 rings (SSSR count). The summed E-state index contributed by atoms with van der Waals surface area (Å²) in [5.74, 6) is -0.212. The lowest BCUT2D eigenvalue weighted by Gasteiger charge is -1.95. The van der Waals surface area contributed by atoms with Crippen LogP contribution in [-0.2, 0) is 11.2 Å². The molecule has 0 aliphatic heterocycles. The van der Waals surface area contributed by atoms with E-state index in [9.17, 15) is 4.79 Å². The zero-order valence-electron chi connectivity index (χ0n) is 7.27. The molecule has 70 valence electrons. The summed E-state index contributed by atoms with van der Waals surface area (Å²) in [6.07, 6.45) is 2.98. The maximum Gasteiger partial charge on any atom is 0.306 e. The first-order valence-electron chi connectivity index (χ1n) is 4.52. The second kappa shape index (κ2) is 3.50. The first-order chi connectivity index (χ1) is 6.27. The molecule has 2 nitrogen and oxygen atoms in total. The minimum absolute atomic E-state index is 0.0417. The van der Waals surface area contributed by atoms with Gasteiger partial charge in [0, 0.05) is 4.88 Å². The smallest absolute Gasteiger partial charge is 0.306 e. The fraction of sp³-hybridized carbons (Fsp3) is 0.500. The van der Waals surface area contributed by atoms with E-state index in [0.717, 1.165) is 19.3 Å². The van der Waals surface area contributed by atoms with Crippen LogP contribution in [0.1, 0.15) is 17.7 Å². The molecule has 2 unspecified atom stereocenters. The Labute approximate surface area is 81.2 Å². The first kappa shape index (κ1) is 8.75. The highest BCUT2D eigenvalue weighted by molar-refractivity contribution is 7.09. The average molecular weight is 196 g/mol. The van der Waals surface area contributed by atoms with Gasteiger partial charge in [-0.2, -0.15) is 0 Å². The van der Waals surface area contributed by atoms with Crippen LogP contribution in [0, 0.1) is 11.8 Å². The van der Waals surface area contributed by atoms with E-state index in [4.69, 9.17) is 5.11 Å². The Hall–Kier alpha value is -0.830. The molecule has 1 aliphatic rings. The van der Waals surface area contributed by atoms with E-state index in [1.54, 1.807) is 11.3 Å². The highest BCUT2D eigenvalue weighted by atomic mass is 32.1. The molecule has 0 radical (unpaired) electrons. The van der Waals surface area contributed by atoms with E-state index in [0.29, 0.717) is 5.92 Å². The summed E-state index contributed by atoms with van der Waals surface area (Å²) in [6.45, 7) is 0. The van der Waals surface area contributed by atoms with Crippen LogP contribution in [-0.4, -0.2) is 11.1 Å². The molecule has 0 spiro atoms. The largest absolute Gasteiger partial charge is 0.481 e. The Kier molecular flexibility index (Phi) is 2.36. The van der Waals surface area contributed by atoms with Crippen molar-refractivity contribution in [1.82, 2.24) is 0 Å². The third kappa shape index (κ3) is 2.10. The standard InChI is InChI=1S/C10H12O2S/c11-10(12)9-6-7(9)3-4-8-2-1-5-13-8/h1-2,5,7,9H,3-4,6H2,(H,11,12). The predicted octanol–water partition coefficient (Wildman–Crippen LogP) is 2.40. The van der Waals surface area contributed by atoms with Gasteiger partial charge in [-0.15, -0.1) is 11.3 Å². The zero-order chi connectivity index (χ0) is 9.26. The van der Waals surface area contributed by atoms with Crippen molar-refractivity contribution in [3.63, 3.8) is 0 Å². The van der Waals surface area contributed by atoms with Gasteiger partial charge in [0.25, 0.3) is 0 Å². The van der Waals surface area contributed by atoms with Crippen LogP contribution in [0.2, 0.25) is 0 Å². The number of carboxylic acid groups (broad SMARTS) is 1. The summed E-state index contributed by atoms with van der Waals surface area (Å²) in [5.41, 5.74) is 0. The highest BCUT2D eigenvalue weighted by Crippen LogP contribution is 2.42. The molecule has 0 amide bonds. The fourth-order valence-corrected chi connectivity index (χ4v) is 2.38. The third-order valence-corrected chi connectivity index (χ3v) is 3.52. The topological polar surface area (TPSA) is 37.3 Å². The van der Waals surface area contributed by atoms with Crippen LogP contribution < -0.4 is 0 Å². The van der Waals surface area contributed by atoms with Gasteiger partial charge in [0.2, 0.25) is 0 Å². The van der Waals surface area contributed by atoms with Gasteiger partial charge in [-0.1, -0.05) is 6.07 Å². The zero-order valence-corrected chi connectivity index (χ0v) is 8.09. The molecule has 1 aromatic heterocycles. The summed E-state index contributed by atoms with van der Waals surface area (Å²) in [6, 6.07) is 4.16. The van der Waals surface area contributed by atoms with Gasteiger partial charge in [-0.25, -0.2) is 0 Å². The Morgan fingerprint density at radius 3 is 3.08 bits per heavy atom. The summed E-state index contributed by atoms with van der Waals surface area (Å²) in [4.78, 5) is 11.9. The molecule has 1 fully saturated rings. The summed E-state index contributed by atoms with van der Waals surface area (Å²) < 4.78 is 0. The van der Waals surface area contributed by atoms with E-state index in [2.05, 4.69) is 11.4 Å². The number of carboxylic acids is 1. The van der Waals surface area contributed by atoms with Crippen molar-refractivity contribution < 1.29 is 9.90 Å². The monoisotopic (exact) mass is 196 g/mol. The predicted molar refractivity (Wildman–Crippen MR) is 51.9 cm³/mol. The van der Waals surface area contributed by atoms with Crippen molar-refractivity contribution in [1.29, 1.82) is 0 Å². The van der Waals surface area contributed by atoms with Crippen LogP contribution in [0.25, 0.3) is 0 Å². The molecule has 1 heterocycles. The van der Waals surface area contributed by atoms with Crippen LogP contribution in [0.15, 0.2) is 17.5 Å². The van der Waals surface area contributed by atoms with Crippen molar-refractivity contribution >= 4 is 17.3 Å². The lowest BCUT2D eigenvalue weighted by molar-refractivity contribution is -0.138. The number of aryl methyl sites for hydroxylation is 1. The Bertz CT molecular complexity index is 292. The van der Waals surface area contributed by atoms with Crippen molar-refractivity contribution in [3.05, 3.63) is 22.4 Å². The lowest BCUT2D eigenvalue weighted by Crippen LogP contribution is -1.99. The molecule has 2 atom stereocenters. The minimum atomic E-state index is -0.615. The van der Waals surface area contributed by atoms with Crippen LogP contribution >= 0.6 is 11.3 Å². The van der Waals surface area contributed by atoms with Crippen molar-refractivity contribution in [3.8, 4) is 0 Å². The van der Waals surface area contributed by atoms with Crippen molar-refractivity contribution in [2.75, 3.05) is 0 Å². The summed E-state index contributed by atoms with van der Waals surface area (Å²) in [7, 11) is 0. The SMILES string of the molecule is O=C(O)C1CC1CCc1cccs1. The third-order valence-electron chi connectivity index (χ3n) is 2.58. The molecule has 0 aromatic carbocycles. The molecular formula is C10H12O2S. The number of rotatable bonds is 4. The Morgan fingerprint density at radius 2 is 2.54 bits per heavy atom. The number of aliphatic carboxylic acids is 1. The van der Waals surface area contributed by atoms with Gasteiger partial charge in [0.05, 0.1) is 5.92 Å². The molecule has 13 heavy (non-hydrogen) atoms. The fourth-order valence-electron chi connectivity index (χ4n) is 1.65. The second-order valence-corrected chi connectivity index (χ2v) is 4.59. The first-order valence-corrected chi connectivity index (χ1v) is 5.40. The normalized spacial score (nSPS) is 25.8. The Balaban J connectivity index is 1.74. The highest BCUT2D eigenvalue weighted by Gasteiger charge is 2.42. The van der Waals surface area contributed by atoms with Crippen LogP contribution in [0.4, 0.5) is 0 Å². The minimum Gasteiger partial charge on any atom is -0.481 e. The van der Waals surface area contributed by atoms with Gasteiger partial charge in [-0.05, 0) is 36.6 Å². The van der Waals surface area contributed by atoms with Crippen LogP contribution in [0.5, 0.6) is 0 Å². The quantitative estimate of drug-likeness (QED) is 0.802. The van der Waals surface area contributed by atoms with Gasteiger partial charge >= 0.3 is 5.97 Å². The lowest BCUT2D eigenvalue weighted by atomic mass is 10.1. The van der Waals surface area contributed by atoms with E-state index >= 15 is 0 Å². The molecular weight excluding hydrogens is 184 g/mol. The number of hydrogen-bond acceptors (Lipinski definition) is 2. The van der Waals surface area contributed by atoms with Crippen molar-refractivity contribution in [2.24, 2.45) is 11.8 Å². The van der Waals surface area contributed by atoms with Crippen molar-refractivity contribution in [2.45, 2.75) is 19.3 Å². The Morgan fingerprint density at radius 1 is 1.69 bits per heavy atom. The van der Waals surface area contributed by atoms with Gasteiger partial charge in [0.1, 0.15) is 0 Å². The molecule has 3 heteroatoms. The second-order valence-electron chi connectivity index (χ2n) is 3.56. The van der Waals surface area contributed by atoms with E-state index < -0.39 is 5.97 Å². The molecule has 1 aliphatic carbocycles. The van der Waals surface area contributed by atoms with Gasteiger partial charge in [-0.3, -0.25) is 4.79 Å². The molecule has 1 N–H and O–H groups in total. The summed E-state index contributed by atoms with van der Waals surface area (Å²) >= 11 is 1.75. The number of carbonyl (C=O) groups is 1. The maximum absolute atomic E-state index is 10.5. The molecule has 1 saturated carbocycles. The number of hydrogen-bond donors (Lipinski definition) is 1. The van der Waals surface area contributed by atoms with E-state index in [1.807, 2.05) is 6.07 Å². The molecule has 1 aromatic rings. The van der Waals surface area contributed by atoms with E-state index in [-0.39, 0.29) is 5.92 Å². The molecule has 0 bridgehead atoms. The van der Waals surface area contributed by atoms with E-state index in [1.165, 1.54) is 4.88 Å². The summed E-state index contributed by atoms with van der Waals surface area (Å²) in [5, 5.41) is 10.7. The maximum atomic E-state index is 10.5. The molecule has 0 saturated heterocycles. The average Bonchev–Trinajstić information content (AvgIpc) is 2.70. The van der Waals surface area contributed by atoms with Gasteiger partial charge < -0.3 is 5.11 Å². The van der Waals surface area contributed by atoms with Crippen LogP contribution in [0.3, 0.4) is 0 Å². The number of thiophene rings is 1.